The summed E-state index contributed by atoms with van der Waals surface area (Å²) in [5, 5.41) is 4.82. The minimum atomic E-state index is 0.614. The monoisotopic (exact) mass is 208 g/mol. The summed E-state index contributed by atoms with van der Waals surface area (Å²) in [4.78, 5) is 8.34. The van der Waals surface area contributed by atoms with Gasteiger partial charge in [0.1, 0.15) is 11.6 Å². The summed E-state index contributed by atoms with van der Waals surface area (Å²) in [5.41, 5.74) is 0. The fourth-order valence-corrected chi connectivity index (χ4v) is 1.34. The number of aryl methyl sites for hydroxylation is 2. The molecule has 2 heterocycles. The highest BCUT2D eigenvalue weighted by atomic mass is 35.5. The normalized spacial score (nSPS) is 10.5. The van der Waals surface area contributed by atoms with E-state index in [9.17, 15) is 0 Å². The highest BCUT2D eigenvalue weighted by molar-refractivity contribution is 6.30. The molecule has 0 radical (unpaired) electrons. The second-order valence-electron chi connectivity index (χ2n) is 2.95. The molecule has 0 N–H and O–H groups in total. The van der Waals surface area contributed by atoms with Crippen LogP contribution in [0, 0.1) is 13.8 Å². The lowest BCUT2D eigenvalue weighted by molar-refractivity contribution is 0.804. The van der Waals surface area contributed by atoms with E-state index < -0.39 is 0 Å². The zero-order valence-corrected chi connectivity index (χ0v) is 8.65. The molecule has 14 heavy (non-hydrogen) atoms. The third-order valence-electron chi connectivity index (χ3n) is 1.80. The average Bonchev–Trinajstić information content (AvgIpc) is 2.47. The van der Waals surface area contributed by atoms with Crippen molar-refractivity contribution in [2.75, 3.05) is 0 Å². The molecule has 2 aromatic rings. The average molecular weight is 209 g/mol. The first-order valence-corrected chi connectivity index (χ1v) is 4.57. The Hall–Kier alpha value is -1.42. The zero-order chi connectivity index (χ0) is 10.1. The van der Waals surface area contributed by atoms with Gasteiger partial charge < -0.3 is 0 Å². The molecular weight excluding hydrogens is 200 g/mol. The number of aromatic nitrogens is 4. The molecule has 0 bridgehead atoms. The van der Waals surface area contributed by atoms with Crippen LogP contribution in [0.1, 0.15) is 11.6 Å². The second kappa shape index (κ2) is 3.38. The summed E-state index contributed by atoms with van der Waals surface area (Å²) in [6.45, 7) is 3.73. The Labute approximate surface area is 86.6 Å². The van der Waals surface area contributed by atoms with Gasteiger partial charge in [0.05, 0.1) is 5.02 Å². The molecule has 0 aromatic carbocycles. The maximum Gasteiger partial charge on any atom is 0.155 e. The van der Waals surface area contributed by atoms with Crippen molar-refractivity contribution < 1.29 is 0 Å². The van der Waals surface area contributed by atoms with Gasteiger partial charge in [0, 0.05) is 6.20 Å². The number of hydrogen-bond acceptors (Lipinski definition) is 3. The van der Waals surface area contributed by atoms with Crippen LogP contribution in [0.25, 0.3) is 5.82 Å². The van der Waals surface area contributed by atoms with E-state index in [0.29, 0.717) is 5.02 Å². The van der Waals surface area contributed by atoms with Crippen molar-refractivity contribution in [2.45, 2.75) is 13.8 Å². The Balaban J connectivity index is 2.49. The van der Waals surface area contributed by atoms with Crippen LogP contribution in [0.3, 0.4) is 0 Å². The van der Waals surface area contributed by atoms with E-state index in [-0.39, 0.29) is 0 Å². The Morgan fingerprint density at radius 2 is 2.07 bits per heavy atom. The van der Waals surface area contributed by atoms with E-state index in [1.165, 1.54) is 0 Å². The van der Waals surface area contributed by atoms with Crippen molar-refractivity contribution in [1.29, 1.82) is 0 Å². The lowest BCUT2D eigenvalue weighted by Gasteiger charge is -2.00. The van der Waals surface area contributed by atoms with Gasteiger partial charge in [-0.25, -0.2) is 9.97 Å². The van der Waals surface area contributed by atoms with Crippen LogP contribution < -0.4 is 0 Å². The van der Waals surface area contributed by atoms with Gasteiger partial charge >= 0.3 is 0 Å². The molecule has 0 aliphatic rings. The quantitative estimate of drug-likeness (QED) is 0.719. The fraction of sp³-hybridized carbons (Fsp3) is 0.222. The molecule has 0 aliphatic carbocycles. The van der Waals surface area contributed by atoms with Crippen LogP contribution >= 0.6 is 11.6 Å². The lowest BCUT2D eigenvalue weighted by Crippen LogP contribution is -2.01. The van der Waals surface area contributed by atoms with Crippen molar-refractivity contribution in [2.24, 2.45) is 0 Å². The highest BCUT2D eigenvalue weighted by Gasteiger charge is 2.05. The van der Waals surface area contributed by atoms with Crippen LogP contribution in [0.15, 0.2) is 18.3 Å². The van der Waals surface area contributed by atoms with Gasteiger partial charge in [-0.05, 0) is 26.0 Å². The van der Waals surface area contributed by atoms with E-state index in [1.807, 2.05) is 19.9 Å². The zero-order valence-electron chi connectivity index (χ0n) is 7.90. The summed E-state index contributed by atoms with van der Waals surface area (Å²) in [7, 11) is 0. The Bertz CT molecular complexity index is 446. The lowest BCUT2D eigenvalue weighted by atomic mass is 10.4. The molecule has 2 aromatic heterocycles. The Kier molecular flexibility index (Phi) is 2.21. The molecule has 0 saturated carbocycles. The molecule has 0 amide bonds. The first-order valence-electron chi connectivity index (χ1n) is 4.19. The van der Waals surface area contributed by atoms with E-state index in [0.717, 1.165) is 17.5 Å². The number of rotatable bonds is 1. The molecule has 0 fully saturated rings. The Morgan fingerprint density at radius 3 is 2.57 bits per heavy atom. The summed E-state index contributed by atoms with van der Waals surface area (Å²) < 4.78 is 1.69. The molecule has 72 valence electrons. The van der Waals surface area contributed by atoms with E-state index in [2.05, 4.69) is 15.1 Å². The smallest absolute Gasteiger partial charge is 0.155 e. The van der Waals surface area contributed by atoms with Crippen LogP contribution in [-0.4, -0.2) is 19.7 Å². The van der Waals surface area contributed by atoms with Gasteiger partial charge in [-0.3, -0.25) is 0 Å². The summed E-state index contributed by atoms with van der Waals surface area (Å²) in [6, 6.07) is 3.59. The largest absolute Gasteiger partial charge is 0.235 e. The van der Waals surface area contributed by atoms with Gasteiger partial charge in [-0.2, -0.15) is 4.68 Å². The van der Waals surface area contributed by atoms with Gasteiger partial charge in [-0.1, -0.05) is 11.6 Å². The number of nitrogens with zero attached hydrogens (tertiary/aromatic N) is 4. The van der Waals surface area contributed by atoms with Crippen molar-refractivity contribution in [3.8, 4) is 5.82 Å². The van der Waals surface area contributed by atoms with Crippen LogP contribution in [-0.2, 0) is 0 Å². The topological polar surface area (TPSA) is 43.6 Å². The van der Waals surface area contributed by atoms with Gasteiger partial charge in [0.2, 0.25) is 0 Å². The minimum absolute atomic E-state index is 0.614. The molecular formula is C9H9ClN4. The summed E-state index contributed by atoms with van der Waals surface area (Å²) in [6.07, 6.45) is 1.59. The van der Waals surface area contributed by atoms with Crippen molar-refractivity contribution >= 4 is 11.6 Å². The third kappa shape index (κ3) is 1.61. The predicted octanol–water partition coefficient (Wildman–Crippen LogP) is 1.93. The van der Waals surface area contributed by atoms with Gasteiger partial charge in [0.25, 0.3) is 0 Å². The van der Waals surface area contributed by atoms with Crippen LogP contribution in [0.5, 0.6) is 0 Å². The van der Waals surface area contributed by atoms with Crippen molar-refractivity contribution in [3.63, 3.8) is 0 Å². The molecule has 0 saturated heterocycles. The summed E-state index contributed by atoms with van der Waals surface area (Å²) in [5.74, 6) is 2.28. The number of hydrogen-bond donors (Lipinski definition) is 0. The highest BCUT2D eigenvalue weighted by Crippen LogP contribution is 2.10. The van der Waals surface area contributed by atoms with Crippen molar-refractivity contribution in [3.05, 3.63) is 35.0 Å². The number of pyridine rings is 1. The first kappa shape index (κ1) is 9.15. The predicted molar refractivity (Wildman–Crippen MR) is 53.6 cm³/mol. The molecule has 0 unspecified atom stereocenters. The maximum atomic E-state index is 5.74. The first-order chi connectivity index (χ1) is 6.66. The molecule has 0 spiro atoms. The van der Waals surface area contributed by atoms with E-state index >= 15 is 0 Å². The number of halogens is 1. The second-order valence-corrected chi connectivity index (χ2v) is 3.39. The molecule has 4 nitrogen and oxygen atoms in total. The molecule has 0 atom stereocenters. The standard InChI is InChI=1S/C9H9ClN4/c1-6-12-7(2)14(13-6)9-4-3-8(10)5-11-9/h3-5H,1-2H3. The summed E-state index contributed by atoms with van der Waals surface area (Å²) >= 11 is 5.74. The fourth-order valence-electron chi connectivity index (χ4n) is 1.23. The van der Waals surface area contributed by atoms with Crippen molar-refractivity contribution in [1.82, 2.24) is 19.7 Å². The molecule has 0 aliphatic heterocycles. The third-order valence-corrected chi connectivity index (χ3v) is 2.03. The molecule has 2 rings (SSSR count). The van der Waals surface area contributed by atoms with Gasteiger partial charge in [0.15, 0.2) is 5.82 Å². The SMILES string of the molecule is Cc1nc(C)n(-c2ccc(Cl)cn2)n1. The van der Waals surface area contributed by atoms with Crippen LogP contribution in [0.4, 0.5) is 0 Å². The van der Waals surface area contributed by atoms with E-state index in [4.69, 9.17) is 11.6 Å². The van der Waals surface area contributed by atoms with Gasteiger partial charge in [-0.15, -0.1) is 5.10 Å². The van der Waals surface area contributed by atoms with Crippen LogP contribution in [0.2, 0.25) is 5.02 Å². The Morgan fingerprint density at radius 1 is 1.29 bits per heavy atom. The maximum absolute atomic E-state index is 5.74. The minimum Gasteiger partial charge on any atom is -0.235 e. The van der Waals surface area contributed by atoms with E-state index in [1.54, 1.807) is 16.9 Å². The molecule has 5 heteroatoms.